The molecule has 1 unspecified atom stereocenters. The third-order valence-electron chi connectivity index (χ3n) is 6.79. The highest BCUT2D eigenvalue weighted by Gasteiger charge is 2.69. The topological polar surface area (TPSA) is 113 Å². The van der Waals surface area contributed by atoms with Gasteiger partial charge in [0, 0.05) is 48.7 Å². The standard InChI is InChI=1S/C26H26FN5O3/c1-4-18-6-9-20(10-7-18)32(25(29)34)16-21(35-5-2)15-26(32,24(28)33)22-11-8-19(14-23(22)27)31-17(3)12-13-30-31/h1,6-14,21H,5,15-16H2,2-3H3,(H3-,28,29,33,34)/p+1/t21-,26-,32?/m1/s1. The predicted molar refractivity (Wildman–Crippen MR) is 130 cm³/mol. The lowest BCUT2D eigenvalue weighted by Gasteiger charge is -2.42. The highest BCUT2D eigenvalue weighted by atomic mass is 19.1. The first-order valence-corrected chi connectivity index (χ1v) is 11.2. The monoisotopic (exact) mass is 476 g/mol. The molecule has 1 aromatic heterocycles. The van der Waals surface area contributed by atoms with Crippen molar-refractivity contribution < 1.29 is 18.7 Å². The van der Waals surface area contributed by atoms with Crippen molar-refractivity contribution in [2.45, 2.75) is 31.9 Å². The van der Waals surface area contributed by atoms with Gasteiger partial charge < -0.3 is 16.2 Å². The molecule has 2 aromatic carbocycles. The molecular formula is C26H27FN5O3+. The molecule has 1 fully saturated rings. The Bertz CT molecular complexity index is 1330. The summed E-state index contributed by atoms with van der Waals surface area (Å²) in [6.07, 6.45) is 6.47. The Balaban J connectivity index is 1.99. The normalized spacial score (nSPS) is 23.7. The molecule has 1 saturated heterocycles. The van der Waals surface area contributed by atoms with Gasteiger partial charge in [-0.1, -0.05) is 5.92 Å². The molecule has 3 atom stereocenters. The predicted octanol–water partition coefficient (Wildman–Crippen LogP) is 2.88. The van der Waals surface area contributed by atoms with E-state index in [0.717, 1.165) is 5.69 Å². The van der Waals surface area contributed by atoms with Gasteiger partial charge in [-0.3, -0.25) is 4.79 Å². The van der Waals surface area contributed by atoms with E-state index >= 15 is 4.39 Å². The summed E-state index contributed by atoms with van der Waals surface area (Å²) in [6.45, 7) is 3.96. The molecule has 35 heavy (non-hydrogen) atoms. The van der Waals surface area contributed by atoms with E-state index < -0.39 is 33.9 Å². The molecule has 4 N–H and O–H groups in total. The van der Waals surface area contributed by atoms with Crippen molar-refractivity contribution in [3.63, 3.8) is 0 Å². The van der Waals surface area contributed by atoms with Gasteiger partial charge in [-0.2, -0.15) is 9.58 Å². The molecule has 4 rings (SSSR count). The lowest BCUT2D eigenvalue weighted by molar-refractivity contribution is -0.127. The van der Waals surface area contributed by atoms with Crippen LogP contribution < -0.4 is 16.0 Å². The number of nitrogens with zero attached hydrogens (tertiary/aromatic N) is 3. The highest BCUT2D eigenvalue weighted by molar-refractivity contribution is 5.99. The molecule has 0 spiro atoms. The fraction of sp³-hybridized carbons (Fsp3) is 0.269. The first kappa shape index (κ1) is 24.1. The lowest BCUT2D eigenvalue weighted by Crippen LogP contribution is -2.70. The van der Waals surface area contributed by atoms with Crippen molar-refractivity contribution in [1.29, 1.82) is 0 Å². The van der Waals surface area contributed by atoms with Gasteiger partial charge >= 0.3 is 6.03 Å². The van der Waals surface area contributed by atoms with Crippen molar-refractivity contribution in [3.05, 3.63) is 77.4 Å². The number of hydrogen-bond acceptors (Lipinski definition) is 4. The molecule has 0 saturated carbocycles. The summed E-state index contributed by atoms with van der Waals surface area (Å²) in [5.41, 5.74) is 12.3. The molecule has 1 aliphatic rings. The average Bonchev–Trinajstić information content (AvgIpc) is 3.42. The van der Waals surface area contributed by atoms with Gasteiger partial charge in [0.15, 0.2) is 0 Å². The van der Waals surface area contributed by atoms with Crippen LogP contribution in [0.15, 0.2) is 54.7 Å². The van der Waals surface area contributed by atoms with Crippen LogP contribution in [0.25, 0.3) is 5.69 Å². The summed E-state index contributed by atoms with van der Waals surface area (Å²) in [4.78, 5) is 26.6. The first-order valence-electron chi connectivity index (χ1n) is 11.2. The number of rotatable bonds is 6. The lowest BCUT2D eigenvalue weighted by atomic mass is 9.83. The van der Waals surface area contributed by atoms with Crippen LogP contribution in [0.4, 0.5) is 14.9 Å². The number of likely N-dealkylation sites (tertiary alicyclic amines) is 1. The van der Waals surface area contributed by atoms with E-state index in [0.29, 0.717) is 23.5 Å². The van der Waals surface area contributed by atoms with Crippen molar-refractivity contribution in [2.24, 2.45) is 11.5 Å². The van der Waals surface area contributed by atoms with Crippen molar-refractivity contribution in [1.82, 2.24) is 14.3 Å². The average molecular weight is 477 g/mol. The van der Waals surface area contributed by atoms with Crippen LogP contribution >= 0.6 is 0 Å². The summed E-state index contributed by atoms with van der Waals surface area (Å²) in [5, 5.41) is 4.21. The Morgan fingerprint density at radius 2 is 1.97 bits per heavy atom. The van der Waals surface area contributed by atoms with E-state index in [9.17, 15) is 9.59 Å². The Morgan fingerprint density at radius 1 is 1.26 bits per heavy atom. The summed E-state index contributed by atoms with van der Waals surface area (Å²) in [5.74, 6) is 0.918. The number of aryl methyl sites for hydroxylation is 1. The van der Waals surface area contributed by atoms with Crippen LogP contribution in [-0.4, -0.2) is 41.0 Å². The highest BCUT2D eigenvalue weighted by Crippen LogP contribution is 2.50. The van der Waals surface area contributed by atoms with Gasteiger partial charge in [0.05, 0.1) is 11.3 Å². The number of benzene rings is 2. The second-order valence-electron chi connectivity index (χ2n) is 8.58. The Hall–Kier alpha value is -4.00. The molecule has 2 heterocycles. The van der Waals surface area contributed by atoms with Gasteiger partial charge in [-0.15, -0.1) is 6.42 Å². The number of halogens is 1. The number of quaternary nitrogens is 1. The summed E-state index contributed by atoms with van der Waals surface area (Å²) in [7, 11) is 0. The summed E-state index contributed by atoms with van der Waals surface area (Å²) >= 11 is 0. The van der Waals surface area contributed by atoms with Crippen molar-refractivity contribution in [2.75, 3.05) is 13.2 Å². The van der Waals surface area contributed by atoms with E-state index in [1.54, 1.807) is 54.2 Å². The minimum absolute atomic E-state index is 0.000962. The molecule has 3 aromatic rings. The number of carbonyl (C=O) groups excluding carboxylic acids is 2. The second kappa shape index (κ2) is 8.98. The van der Waals surface area contributed by atoms with Crippen molar-refractivity contribution in [3.8, 4) is 18.0 Å². The number of primary amides is 2. The number of amides is 3. The number of carbonyl (C=O) groups is 2. The maximum atomic E-state index is 15.9. The quantitative estimate of drug-likeness (QED) is 0.421. The molecule has 9 heteroatoms. The zero-order valence-corrected chi connectivity index (χ0v) is 19.6. The third kappa shape index (κ3) is 3.58. The molecule has 0 aliphatic carbocycles. The Kier molecular flexibility index (Phi) is 6.19. The molecule has 0 bridgehead atoms. The van der Waals surface area contributed by atoms with Crippen molar-refractivity contribution >= 4 is 17.6 Å². The second-order valence-corrected chi connectivity index (χ2v) is 8.58. The molecule has 0 radical (unpaired) electrons. The number of terminal acetylenes is 1. The third-order valence-corrected chi connectivity index (χ3v) is 6.79. The minimum Gasteiger partial charge on any atom is -0.372 e. The molecule has 3 amide bonds. The van der Waals surface area contributed by atoms with Crippen LogP contribution in [0.5, 0.6) is 0 Å². The van der Waals surface area contributed by atoms with E-state index in [1.165, 1.54) is 12.1 Å². The largest absolute Gasteiger partial charge is 0.420 e. The van der Waals surface area contributed by atoms with Crippen LogP contribution in [0, 0.1) is 25.1 Å². The first-order chi connectivity index (χ1) is 16.7. The zero-order chi connectivity index (χ0) is 25.4. The maximum Gasteiger partial charge on any atom is 0.420 e. The summed E-state index contributed by atoms with van der Waals surface area (Å²) < 4.78 is 22.6. The molecule has 8 nitrogen and oxygen atoms in total. The van der Waals surface area contributed by atoms with E-state index in [1.807, 2.05) is 6.92 Å². The molecule has 180 valence electrons. The van der Waals surface area contributed by atoms with E-state index in [4.69, 9.17) is 22.6 Å². The van der Waals surface area contributed by atoms with Crippen LogP contribution in [0.2, 0.25) is 0 Å². The number of urea groups is 1. The van der Waals surface area contributed by atoms with Gasteiger partial charge in [0.25, 0.3) is 5.91 Å². The van der Waals surface area contributed by atoms with Crippen LogP contribution in [0.1, 0.15) is 30.2 Å². The fourth-order valence-electron chi connectivity index (χ4n) is 5.25. The number of hydrogen-bond donors (Lipinski definition) is 2. The summed E-state index contributed by atoms with van der Waals surface area (Å²) in [6, 6.07) is 11.8. The van der Waals surface area contributed by atoms with E-state index in [2.05, 4.69) is 11.0 Å². The van der Waals surface area contributed by atoms with Gasteiger partial charge in [-0.25, -0.2) is 13.9 Å². The molecule has 1 aliphatic heterocycles. The molecular weight excluding hydrogens is 449 g/mol. The maximum absolute atomic E-state index is 15.9. The smallest absolute Gasteiger partial charge is 0.372 e. The fourth-order valence-corrected chi connectivity index (χ4v) is 5.25. The van der Waals surface area contributed by atoms with Gasteiger partial charge in [0.1, 0.15) is 24.2 Å². The minimum atomic E-state index is -1.86. The Labute approximate surface area is 202 Å². The van der Waals surface area contributed by atoms with Gasteiger partial charge in [-0.05, 0) is 44.2 Å². The van der Waals surface area contributed by atoms with Gasteiger partial charge in [0.2, 0.25) is 5.54 Å². The number of nitrogens with two attached hydrogens (primary N) is 2. The van der Waals surface area contributed by atoms with Crippen LogP contribution in [-0.2, 0) is 15.1 Å². The van der Waals surface area contributed by atoms with E-state index in [-0.39, 0.29) is 18.5 Å². The Morgan fingerprint density at radius 3 is 2.49 bits per heavy atom. The number of aromatic nitrogens is 2. The SMILES string of the molecule is C#Cc1ccc([N+]2(C(N)=O)C[C@H](OCC)C[C@]2(C(N)=O)c2ccc(-n3nccc3C)cc2F)cc1. The van der Waals surface area contributed by atoms with Crippen LogP contribution in [0.3, 0.4) is 0 Å². The number of ether oxygens (including phenoxy) is 1. The zero-order valence-electron chi connectivity index (χ0n) is 19.6.